The molecular weight excluding hydrogens is 170 g/mol. The summed E-state index contributed by atoms with van der Waals surface area (Å²) in [6.07, 6.45) is 8.63. The Bertz CT molecular complexity index is 142. The predicted molar refractivity (Wildman–Crippen MR) is 63.5 cm³/mol. The Morgan fingerprint density at radius 2 is 1.86 bits per heavy atom. The quantitative estimate of drug-likeness (QED) is 0.679. The van der Waals surface area contributed by atoms with E-state index in [1.807, 2.05) is 0 Å². The monoisotopic (exact) mass is 197 g/mol. The average Bonchev–Trinajstić information content (AvgIpc) is 2.32. The Morgan fingerprint density at radius 3 is 2.50 bits per heavy atom. The largest absolute Gasteiger partial charge is 0.314 e. The average molecular weight is 197 g/mol. The summed E-state index contributed by atoms with van der Waals surface area (Å²) >= 11 is 0. The maximum absolute atomic E-state index is 3.68. The fourth-order valence-corrected chi connectivity index (χ4v) is 2.80. The lowest BCUT2D eigenvalue weighted by Crippen LogP contribution is -2.36. The molecule has 1 heteroatoms. The van der Waals surface area contributed by atoms with Crippen LogP contribution in [0.4, 0.5) is 0 Å². The second kappa shape index (κ2) is 6.44. The maximum Gasteiger partial charge on any atom is 0.00953 e. The van der Waals surface area contributed by atoms with E-state index in [4.69, 9.17) is 0 Å². The van der Waals surface area contributed by atoms with Crippen molar-refractivity contribution in [2.24, 2.45) is 11.8 Å². The minimum absolute atomic E-state index is 0.810. The summed E-state index contributed by atoms with van der Waals surface area (Å²) in [5.74, 6) is 1.80. The van der Waals surface area contributed by atoms with Crippen LogP contribution in [0.2, 0.25) is 0 Å². The summed E-state index contributed by atoms with van der Waals surface area (Å²) < 4.78 is 0. The van der Waals surface area contributed by atoms with Crippen LogP contribution in [0.25, 0.3) is 0 Å². The first-order valence-electron chi connectivity index (χ1n) is 6.47. The summed E-state index contributed by atoms with van der Waals surface area (Å²) in [5.41, 5.74) is 0. The molecule has 0 aromatic heterocycles. The Labute approximate surface area is 89.7 Å². The third kappa shape index (κ3) is 4.00. The van der Waals surface area contributed by atoms with Crippen LogP contribution >= 0.6 is 0 Å². The molecule has 1 saturated carbocycles. The molecular formula is C13H27N. The lowest BCUT2D eigenvalue weighted by Gasteiger charge is -2.27. The first-order valence-corrected chi connectivity index (χ1v) is 6.47. The van der Waals surface area contributed by atoms with E-state index in [1.54, 1.807) is 0 Å². The van der Waals surface area contributed by atoms with Crippen LogP contribution in [0, 0.1) is 11.8 Å². The van der Waals surface area contributed by atoms with Gasteiger partial charge in [0.1, 0.15) is 0 Å². The Balaban J connectivity index is 2.45. The topological polar surface area (TPSA) is 12.0 Å². The van der Waals surface area contributed by atoms with Crippen LogP contribution in [0.5, 0.6) is 0 Å². The SMILES string of the molecule is CCNC1CCCCCC1CC(C)C. The minimum Gasteiger partial charge on any atom is -0.314 e. The van der Waals surface area contributed by atoms with Crippen LogP contribution in [-0.4, -0.2) is 12.6 Å². The van der Waals surface area contributed by atoms with Crippen molar-refractivity contribution in [1.82, 2.24) is 5.32 Å². The molecule has 0 aromatic rings. The van der Waals surface area contributed by atoms with Crippen molar-refractivity contribution >= 4 is 0 Å². The third-order valence-electron chi connectivity index (χ3n) is 3.40. The van der Waals surface area contributed by atoms with Gasteiger partial charge < -0.3 is 5.32 Å². The van der Waals surface area contributed by atoms with E-state index in [-0.39, 0.29) is 0 Å². The maximum atomic E-state index is 3.68. The van der Waals surface area contributed by atoms with Crippen molar-refractivity contribution in [1.29, 1.82) is 0 Å². The molecule has 0 saturated heterocycles. The highest BCUT2D eigenvalue weighted by Crippen LogP contribution is 2.28. The van der Waals surface area contributed by atoms with Gasteiger partial charge in [0, 0.05) is 6.04 Å². The summed E-state index contributed by atoms with van der Waals surface area (Å²) in [5, 5.41) is 3.68. The molecule has 1 rings (SSSR count). The molecule has 0 bridgehead atoms. The van der Waals surface area contributed by atoms with E-state index in [1.165, 1.54) is 38.5 Å². The molecule has 1 fully saturated rings. The second-order valence-corrected chi connectivity index (χ2v) is 5.19. The molecule has 1 aliphatic rings. The lowest BCUT2D eigenvalue weighted by molar-refractivity contribution is 0.290. The van der Waals surface area contributed by atoms with Gasteiger partial charge in [-0.3, -0.25) is 0 Å². The van der Waals surface area contributed by atoms with Gasteiger partial charge in [0.25, 0.3) is 0 Å². The smallest absolute Gasteiger partial charge is 0.00953 e. The van der Waals surface area contributed by atoms with Gasteiger partial charge in [0.2, 0.25) is 0 Å². The summed E-state index contributed by atoms with van der Waals surface area (Å²) in [6.45, 7) is 8.08. The van der Waals surface area contributed by atoms with Crippen LogP contribution < -0.4 is 5.32 Å². The molecule has 2 atom stereocenters. The molecule has 14 heavy (non-hydrogen) atoms. The Hall–Kier alpha value is -0.0400. The standard InChI is InChI=1S/C13H27N/c1-4-14-13-9-7-5-6-8-12(13)10-11(2)3/h11-14H,4-10H2,1-3H3. The van der Waals surface area contributed by atoms with Gasteiger partial charge in [-0.05, 0) is 37.6 Å². The fourth-order valence-electron chi connectivity index (χ4n) is 2.80. The van der Waals surface area contributed by atoms with Gasteiger partial charge in [-0.25, -0.2) is 0 Å². The Kier molecular flexibility index (Phi) is 5.54. The number of nitrogens with one attached hydrogen (secondary N) is 1. The molecule has 0 aromatic carbocycles. The second-order valence-electron chi connectivity index (χ2n) is 5.19. The predicted octanol–water partition coefficient (Wildman–Crippen LogP) is 3.59. The van der Waals surface area contributed by atoms with Crippen molar-refractivity contribution in [3.05, 3.63) is 0 Å². The van der Waals surface area contributed by atoms with Crippen molar-refractivity contribution < 1.29 is 0 Å². The zero-order valence-electron chi connectivity index (χ0n) is 10.2. The Morgan fingerprint density at radius 1 is 1.14 bits per heavy atom. The van der Waals surface area contributed by atoms with Gasteiger partial charge in [-0.1, -0.05) is 40.0 Å². The molecule has 0 amide bonds. The van der Waals surface area contributed by atoms with E-state index in [2.05, 4.69) is 26.1 Å². The van der Waals surface area contributed by atoms with Crippen LogP contribution in [0.3, 0.4) is 0 Å². The highest BCUT2D eigenvalue weighted by Gasteiger charge is 2.23. The third-order valence-corrected chi connectivity index (χ3v) is 3.40. The highest BCUT2D eigenvalue weighted by atomic mass is 14.9. The van der Waals surface area contributed by atoms with E-state index < -0.39 is 0 Å². The van der Waals surface area contributed by atoms with Crippen molar-refractivity contribution in [3.8, 4) is 0 Å². The normalized spacial score (nSPS) is 29.1. The van der Waals surface area contributed by atoms with Gasteiger partial charge >= 0.3 is 0 Å². The van der Waals surface area contributed by atoms with Crippen LogP contribution in [0.1, 0.15) is 59.3 Å². The highest BCUT2D eigenvalue weighted by molar-refractivity contribution is 4.79. The van der Waals surface area contributed by atoms with Gasteiger partial charge in [0.15, 0.2) is 0 Å². The molecule has 84 valence electrons. The van der Waals surface area contributed by atoms with Crippen molar-refractivity contribution in [3.63, 3.8) is 0 Å². The first kappa shape index (κ1) is 12.0. The van der Waals surface area contributed by atoms with E-state index in [0.717, 1.165) is 24.4 Å². The lowest BCUT2D eigenvalue weighted by atomic mass is 9.87. The molecule has 1 N–H and O–H groups in total. The summed E-state index contributed by atoms with van der Waals surface area (Å²) in [4.78, 5) is 0. The van der Waals surface area contributed by atoms with Crippen LogP contribution in [0.15, 0.2) is 0 Å². The summed E-state index contributed by atoms with van der Waals surface area (Å²) in [6, 6.07) is 0.810. The molecule has 1 aliphatic carbocycles. The molecule has 0 spiro atoms. The van der Waals surface area contributed by atoms with Crippen molar-refractivity contribution in [2.45, 2.75) is 65.3 Å². The van der Waals surface area contributed by atoms with Crippen molar-refractivity contribution in [2.75, 3.05) is 6.54 Å². The number of rotatable bonds is 4. The van der Waals surface area contributed by atoms with E-state index >= 15 is 0 Å². The fraction of sp³-hybridized carbons (Fsp3) is 1.00. The summed E-state index contributed by atoms with van der Waals surface area (Å²) in [7, 11) is 0. The molecule has 2 unspecified atom stereocenters. The molecule has 0 aliphatic heterocycles. The minimum atomic E-state index is 0.810. The van der Waals surface area contributed by atoms with Crippen LogP contribution in [-0.2, 0) is 0 Å². The molecule has 1 nitrogen and oxygen atoms in total. The number of hydrogen-bond acceptors (Lipinski definition) is 1. The van der Waals surface area contributed by atoms with Gasteiger partial charge in [-0.15, -0.1) is 0 Å². The van der Waals surface area contributed by atoms with Gasteiger partial charge in [-0.2, -0.15) is 0 Å². The first-order chi connectivity index (χ1) is 6.74. The zero-order valence-corrected chi connectivity index (χ0v) is 10.2. The number of hydrogen-bond donors (Lipinski definition) is 1. The zero-order chi connectivity index (χ0) is 10.4. The molecule has 0 heterocycles. The van der Waals surface area contributed by atoms with E-state index in [0.29, 0.717) is 0 Å². The van der Waals surface area contributed by atoms with E-state index in [9.17, 15) is 0 Å². The van der Waals surface area contributed by atoms with Gasteiger partial charge in [0.05, 0.1) is 0 Å². The molecule has 0 radical (unpaired) electrons.